The maximum Gasteiger partial charge on any atom is 0.247 e. The van der Waals surface area contributed by atoms with Gasteiger partial charge in [-0.05, 0) is 23.3 Å². The molecule has 0 spiro atoms. The summed E-state index contributed by atoms with van der Waals surface area (Å²) < 4.78 is 0. The summed E-state index contributed by atoms with van der Waals surface area (Å²) in [5.74, 6) is 1.43. The van der Waals surface area contributed by atoms with E-state index in [1.165, 1.54) is 5.56 Å². The van der Waals surface area contributed by atoms with Crippen LogP contribution in [-0.4, -0.2) is 51.2 Å². The summed E-state index contributed by atoms with van der Waals surface area (Å²) in [5, 5.41) is 11.6. The molecule has 1 saturated heterocycles. The molecule has 0 saturated carbocycles. The minimum atomic E-state index is 0.686. The number of benzene rings is 1. The lowest BCUT2D eigenvalue weighted by Gasteiger charge is -2.34. The maximum absolute atomic E-state index is 4.63. The number of nitrogens with one attached hydrogen (secondary N) is 1. The SMILES string of the molecule is c1ccc(CN2CCN(c3nncc(NCc4ccncc4)n3)CC2)cc1. The minimum absolute atomic E-state index is 0.686. The van der Waals surface area contributed by atoms with Crippen molar-refractivity contribution in [2.45, 2.75) is 13.1 Å². The second kappa shape index (κ2) is 8.55. The predicted molar refractivity (Wildman–Crippen MR) is 105 cm³/mol. The molecule has 0 aliphatic carbocycles. The first-order valence-corrected chi connectivity index (χ1v) is 9.20. The Kier molecular flexibility index (Phi) is 5.50. The van der Waals surface area contributed by atoms with E-state index in [1.54, 1.807) is 18.6 Å². The van der Waals surface area contributed by atoms with Crippen LogP contribution in [0.15, 0.2) is 61.1 Å². The lowest BCUT2D eigenvalue weighted by Crippen LogP contribution is -2.46. The van der Waals surface area contributed by atoms with E-state index in [1.807, 2.05) is 12.1 Å². The van der Waals surface area contributed by atoms with Crippen LogP contribution < -0.4 is 10.2 Å². The molecule has 0 amide bonds. The third-order valence-electron chi connectivity index (χ3n) is 4.67. The second-order valence-corrected chi connectivity index (χ2v) is 6.60. The quantitative estimate of drug-likeness (QED) is 0.722. The van der Waals surface area contributed by atoms with Gasteiger partial charge >= 0.3 is 0 Å². The standard InChI is InChI=1S/C20H23N7/c1-2-4-18(5-3-1)16-26-10-12-27(13-11-26)20-24-19(15-23-25-20)22-14-17-6-8-21-9-7-17/h1-9,15H,10-14,16H2,(H,22,24,25). The van der Waals surface area contributed by atoms with Gasteiger partial charge in [0.1, 0.15) is 0 Å². The van der Waals surface area contributed by atoms with Gasteiger partial charge in [-0.25, -0.2) is 0 Å². The van der Waals surface area contributed by atoms with Gasteiger partial charge in [0, 0.05) is 51.7 Å². The number of nitrogens with zero attached hydrogens (tertiary/aromatic N) is 6. The number of anilines is 2. The fourth-order valence-corrected chi connectivity index (χ4v) is 3.15. The molecule has 2 aromatic heterocycles. The number of hydrogen-bond donors (Lipinski definition) is 1. The van der Waals surface area contributed by atoms with E-state index in [9.17, 15) is 0 Å². The molecule has 3 heterocycles. The normalized spacial score (nSPS) is 14.9. The molecule has 1 aliphatic rings. The van der Waals surface area contributed by atoms with Gasteiger partial charge in [-0.15, -0.1) is 5.10 Å². The molecule has 0 bridgehead atoms. The third-order valence-corrected chi connectivity index (χ3v) is 4.67. The lowest BCUT2D eigenvalue weighted by atomic mass is 10.2. The molecular weight excluding hydrogens is 338 g/mol. The van der Waals surface area contributed by atoms with Crippen LogP contribution in [0.4, 0.5) is 11.8 Å². The predicted octanol–water partition coefficient (Wildman–Crippen LogP) is 2.20. The topological polar surface area (TPSA) is 70.1 Å². The summed E-state index contributed by atoms with van der Waals surface area (Å²) >= 11 is 0. The third kappa shape index (κ3) is 4.77. The van der Waals surface area contributed by atoms with Gasteiger partial charge in [-0.2, -0.15) is 10.1 Å². The fraction of sp³-hybridized carbons (Fsp3) is 0.300. The van der Waals surface area contributed by atoms with Crippen molar-refractivity contribution >= 4 is 11.8 Å². The number of aromatic nitrogens is 4. The van der Waals surface area contributed by atoms with Gasteiger partial charge < -0.3 is 10.2 Å². The van der Waals surface area contributed by atoms with Crippen molar-refractivity contribution in [1.82, 2.24) is 25.1 Å². The van der Waals surface area contributed by atoms with E-state index < -0.39 is 0 Å². The highest BCUT2D eigenvalue weighted by Gasteiger charge is 2.19. The van der Waals surface area contributed by atoms with Crippen LogP contribution in [0.25, 0.3) is 0 Å². The summed E-state index contributed by atoms with van der Waals surface area (Å²) in [4.78, 5) is 13.3. The molecule has 3 aromatic rings. The van der Waals surface area contributed by atoms with Crippen molar-refractivity contribution < 1.29 is 0 Å². The smallest absolute Gasteiger partial charge is 0.247 e. The van der Waals surface area contributed by atoms with Crippen LogP contribution in [0.5, 0.6) is 0 Å². The largest absolute Gasteiger partial charge is 0.365 e. The second-order valence-electron chi connectivity index (χ2n) is 6.60. The molecule has 4 rings (SSSR count). The molecule has 1 aromatic carbocycles. The van der Waals surface area contributed by atoms with Crippen molar-refractivity contribution in [1.29, 1.82) is 0 Å². The number of hydrogen-bond acceptors (Lipinski definition) is 7. The van der Waals surface area contributed by atoms with Crippen LogP contribution in [-0.2, 0) is 13.1 Å². The molecule has 27 heavy (non-hydrogen) atoms. The Balaban J connectivity index is 1.32. The van der Waals surface area contributed by atoms with Crippen LogP contribution in [0.1, 0.15) is 11.1 Å². The van der Waals surface area contributed by atoms with Crippen LogP contribution in [0.2, 0.25) is 0 Å². The van der Waals surface area contributed by atoms with Crippen molar-refractivity contribution in [3.05, 3.63) is 72.2 Å². The first-order chi connectivity index (χ1) is 13.4. The van der Waals surface area contributed by atoms with Gasteiger partial charge in [0.2, 0.25) is 5.95 Å². The number of piperazine rings is 1. The fourth-order valence-electron chi connectivity index (χ4n) is 3.15. The van der Waals surface area contributed by atoms with Crippen molar-refractivity contribution in [3.63, 3.8) is 0 Å². The summed E-state index contributed by atoms with van der Waals surface area (Å²) in [6.45, 7) is 5.47. The highest BCUT2D eigenvalue weighted by atomic mass is 15.4. The molecule has 0 radical (unpaired) electrons. The monoisotopic (exact) mass is 361 g/mol. The molecule has 7 heteroatoms. The van der Waals surface area contributed by atoms with Gasteiger partial charge in [0.15, 0.2) is 5.82 Å². The Morgan fingerprint density at radius 1 is 0.889 bits per heavy atom. The lowest BCUT2D eigenvalue weighted by molar-refractivity contribution is 0.248. The average Bonchev–Trinajstić information content (AvgIpc) is 2.75. The number of pyridine rings is 1. The number of rotatable bonds is 6. The highest BCUT2D eigenvalue weighted by molar-refractivity contribution is 5.40. The van der Waals surface area contributed by atoms with Gasteiger partial charge in [0.25, 0.3) is 0 Å². The Morgan fingerprint density at radius 2 is 1.67 bits per heavy atom. The van der Waals surface area contributed by atoms with E-state index in [2.05, 4.69) is 65.6 Å². The Labute approximate surface area is 159 Å². The van der Waals surface area contributed by atoms with Crippen molar-refractivity contribution in [2.24, 2.45) is 0 Å². The van der Waals surface area contributed by atoms with E-state index in [-0.39, 0.29) is 0 Å². The molecule has 0 unspecified atom stereocenters. The van der Waals surface area contributed by atoms with Crippen molar-refractivity contribution in [3.8, 4) is 0 Å². The van der Waals surface area contributed by atoms with E-state index in [4.69, 9.17) is 0 Å². The highest BCUT2D eigenvalue weighted by Crippen LogP contribution is 2.14. The van der Waals surface area contributed by atoms with Crippen LogP contribution in [0, 0.1) is 0 Å². The molecule has 1 aliphatic heterocycles. The van der Waals surface area contributed by atoms with Gasteiger partial charge in [-0.1, -0.05) is 30.3 Å². The minimum Gasteiger partial charge on any atom is -0.365 e. The maximum atomic E-state index is 4.63. The zero-order valence-electron chi connectivity index (χ0n) is 15.2. The van der Waals surface area contributed by atoms with Crippen molar-refractivity contribution in [2.75, 3.05) is 36.4 Å². The average molecular weight is 361 g/mol. The Morgan fingerprint density at radius 3 is 2.44 bits per heavy atom. The van der Waals surface area contributed by atoms with E-state index in [0.717, 1.165) is 44.1 Å². The summed E-state index contributed by atoms with van der Waals surface area (Å²) in [7, 11) is 0. The Hall–Kier alpha value is -3.06. The summed E-state index contributed by atoms with van der Waals surface area (Å²) in [6, 6.07) is 14.6. The van der Waals surface area contributed by atoms with Gasteiger partial charge in [0.05, 0.1) is 6.20 Å². The molecule has 1 N–H and O–H groups in total. The first kappa shape index (κ1) is 17.4. The molecular formula is C20H23N7. The van der Waals surface area contributed by atoms with Gasteiger partial charge in [-0.3, -0.25) is 9.88 Å². The summed E-state index contributed by atoms with van der Waals surface area (Å²) in [6.07, 6.45) is 5.24. The summed E-state index contributed by atoms with van der Waals surface area (Å²) in [5.41, 5.74) is 2.51. The molecule has 1 fully saturated rings. The molecule has 138 valence electrons. The molecule has 7 nitrogen and oxygen atoms in total. The zero-order valence-corrected chi connectivity index (χ0v) is 15.2. The molecule has 0 atom stereocenters. The van der Waals surface area contributed by atoms with E-state index in [0.29, 0.717) is 12.5 Å². The zero-order chi connectivity index (χ0) is 18.3. The first-order valence-electron chi connectivity index (χ1n) is 9.20. The van der Waals surface area contributed by atoms with E-state index >= 15 is 0 Å². The van der Waals surface area contributed by atoms with Crippen LogP contribution >= 0.6 is 0 Å². The van der Waals surface area contributed by atoms with Crippen LogP contribution in [0.3, 0.4) is 0 Å². The Bertz CT molecular complexity index is 833.